The molecular formula is C27H36N4O3. The highest BCUT2D eigenvalue weighted by Crippen LogP contribution is 2.43. The number of rotatable bonds is 5. The SMILES string of the molecule is CC(=O)N1c2ccc(-c3ccc(CN4CCCCC4)cn3)cc2[C@H](N(C(=O)O)C(C)C)C[C@@H]1C. The largest absolute Gasteiger partial charge is 0.465 e. The van der Waals surface area contributed by atoms with E-state index in [9.17, 15) is 14.7 Å². The molecule has 2 aromatic rings. The summed E-state index contributed by atoms with van der Waals surface area (Å²) in [6, 6.07) is 9.53. The third kappa shape index (κ3) is 4.94. The van der Waals surface area contributed by atoms with Crippen LogP contribution in [0.3, 0.4) is 0 Å². The third-order valence-corrected chi connectivity index (χ3v) is 7.08. The van der Waals surface area contributed by atoms with Crippen LogP contribution in [0.15, 0.2) is 36.5 Å². The molecule has 0 unspecified atom stereocenters. The summed E-state index contributed by atoms with van der Waals surface area (Å²) in [6.07, 6.45) is 5.41. The fourth-order valence-corrected chi connectivity index (χ4v) is 5.52. The number of hydrogen-bond donors (Lipinski definition) is 1. The van der Waals surface area contributed by atoms with Crippen molar-refractivity contribution in [2.45, 2.75) is 78.0 Å². The van der Waals surface area contributed by atoms with Crippen LogP contribution < -0.4 is 4.90 Å². The van der Waals surface area contributed by atoms with Crippen LogP contribution in [-0.4, -0.2) is 57.1 Å². The molecule has 1 N–H and O–H groups in total. The van der Waals surface area contributed by atoms with Crippen LogP contribution in [0.1, 0.15) is 70.5 Å². The van der Waals surface area contributed by atoms with Crippen molar-refractivity contribution in [2.24, 2.45) is 0 Å². The predicted molar refractivity (Wildman–Crippen MR) is 134 cm³/mol. The van der Waals surface area contributed by atoms with E-state index in [0.717, 1.165) is 42.1 Å². The lowest BCUT2D eigenvalue weighted by Crippen LogP contribution is -2.48. The zero-order chi connectivity index (χ0) is 24.4. The number of anilines is 1. The Morgan fingerprint density at radius 1 is 1.15 bits per heavy atom. The van der Waals surface area contributed by atoms with Gasteiger partial charge in [-0.15, -0.1) is 0 Å². The first-order valence-corrected chi connectivity index (χ1v) is 12.4. The fourth-order valence-electron chi connectivity index (χ4n) is 5.52. The second-order valence-electron chi connectivity index (χ2n) is 9.94. The Balaban J connectivity index is 1.67. The van der Waals surface area contributed by atoms with Gasteiger partial charge in [0.2, 0.25) is 5.91 Å². The van der Waals surface area contributed by atoms with E-state index < -0.39 is 6.09 Å². The van der Waals surface area contributed by atoms with Gasteiger partial charge in [-0.05, 0) is 82.4 Å². The molecule has 34 heavy (non-hydrogen) atoms. The van der Waals surface area contributed by atoms with Crippen molar-refractivity contribution in [3.05, 3.63) is 47.7 Å². The van der Waals surface area contributed by atoms with Gasteiger partial charge < -0.3 is 10.0 Å². The van der Waals surface area contributed by atoms with Crippen LogP contribution in [0.5, 0.6) is 0 Å². The molecule has 2 aliphatic heterocycles. The molecule has 1 aromatic carbocycles. The maximum Gasteiger partial charge on any atom is 0.408 e. The summed E-state index contributed by atoms with van der Waals surface area (Å²) in [4.78, 5) is 35.1. The number of hydrogen-bond acceptors (Lipinski definition) is 4. The Kier molecular flexibility index (Phi) is 7.22. The number of carbonyl (C=O) groups is 2. The van der Waals surface area contributed by atoms with Gasteiger partial charge in [-0.3, -0.25) is 19.6 Å². The minimum absolute atomic E-state index is 0.0356. The van der Waals surface area contributed by atoms with Gasteiger partial charge in [-0.25, -0.2) is 4.79 Å². The van der Waals surface area contributed by atoms with E-state index in [4.69, 9.17) is 4.98 Å². The van der Waals surface area contributed by atoms with Gasteiger partial charge in [-0.1, -0.05) is 18.6 Å². The van der Waals surface area contributed by atoms with Gasteiger partial charge in [0.15, 0.2) is 0 Å². The molecule has 7 nitrogen and oxygen atoms in total. The average Bonchev–Trinajstić information content (AvgIpc) is 2.79. The molecule has 7 heteroatoms. The van der Waals surface area contributed by atoms with Crippen LogP contribution in [0.2, 0.25) is 0 Å². The molecule has 0 bridgehead atoms. The molecule has 0 spiro atoms. The summed E-state index contributed by atoms with van der Waals surface area (Å²) in [5, 5.41) is 9.96. The molecule has 0 saturated carbocycles. The Labute approximate surface area is 202 Å². The quantitative estimate of drug-likeness (QED) is 0.649. The van der Waals surface area contributed by atoms with Crippen molar-refractivity contribution in [1.29, 1.82) is 0 Å². The molecule has 2 amide bonds. The summed E-state index contributed by atoms with van der Waals surface area (Å²) >= 11 is 0. The normalized spacial score (nSPS) is 20.8. The summed E-state index contributed by atoms with van der Waals surface area (Å²) in [6.45, 7) is 10.5. The Morgan fingerprint density at radius 3 is 2.47 bits per heavy atom. The van der Waals surface area contributed by atoms with Crippen molar-refractivity contribution in [2.75, 3.05) is 18.0 Å². The van der Waals surface area contributed by atoms with Crippen LogP contribution in [0.4, 0.5) is 10.5 Å². The molecule has 4 rings (SSSR count). The van der Waals surface area contributed by atoms with Gasteiger partial charge in [0.05, 0.1) is 11.7 Å². The lowest BCUT2D eigenvalue weighted by Gasteiger charge is -2.43. The molecule has 182 valence electrons. The van der Waals surface area contributed by atoms with E-state index in [0.29, 0.717) is 6.42 Å². The van der Waals surface area contributed by atoms with Crippen LogP contribution in [0.25, 0.3) is 11.3 Å². The summed E-state index contributed by atoms with van der Waals surface area (Å²) in [5.74, 6) is -0.0356. The molecule has 1 fully saturated rings. The van der Waals surface area contributed by atoms with E-state index in [2.05, 4.69) is 11.0 Å². The van der Waals surface area contributed by atoms with Gasteiger partial charge in [-0.2, -0.15) is 0 Å². The summed E-state index contributed by atoms with van der Waals surface area (Å²) in [7, 11) is 0. The predicted octanol–water partition coefficient (Wildman–Crippen LogP) is 5.31. The molecule has 0 radical (unpaired) electrons. The van der Waals surface area contributed by atoms with Crippen molar-refractivity contribution in [1.82, 2.24) is 14.8 Å². The first kappa shape index (κ1) is 24.2. The van der Waals surface area contributed by atoms with Gasteiger partial charge in [0.1, 0.15) is 0 Å². The maximum absolute atomic E-state index is 12.5. The number of aromatic nitrogens is 1. The second kappa shape index (κ2) is 10.1. The summed E-state index contributed by atoms with van der Waals surface area (Å²) < 4.78 is 0. The summed E-state index contributed by atoms with van der Waals surface area (Å²) in [5.41, 5.74) is 4.63. The fraction of sp³-hybridized carbons (Fsp3) is 0.519. The van der Waals surface area contributed by atoms with E-state index >= 15 is 0 Å². The number of carbonyl (C=O) groups excluding carboxylic acids is 1. The van der Waals surface area contributed by atoms with Gasteiger partial charge in [0.25, 0.3) is 0 Å². The van der Waals surface area contributed by atoms with Crippen molar-refractivity contribution in [3.63, 3.8) is 0 Å². The van der Waals surface area contributed by atoms with Gasteiger partial charge >= 0.3 is 6.09 Å². The number of carboxylic acid groups (broad SMARTS) is 1. The number of piperidine rings is 1. The Hall–Kier alpha value is -2.93. The molecule has 2 aliphatic rings. The van der Waals surface area contributed by atoms with E-state index in [1.165, 1.54) is 29.7 Å². The Morgan fingerprint density at radius 2 is 1.88 bits per heavy atom. The highest BCUT2D eigenvalue weighted by molar-refractivity contribution is 5.94. The van der Waals surface area contributed by atoms with Crippen molar-refractivity contribution >= 4 is 17.7 Å². The lowest BCUT2D eigenvalue weighted by molar-refractivity contribution is -0.117. The highest BCUT2D eigenvalue weighted by atomic mass is 16.4. The average molecular weight is 465 g/mol. The first-order valence-electron chi connectivity index (χ1n) is 12.4. The molecule has 2 atom stereocenters. The van der Waals surface area contributed by atoms with Crippen molar-refractivity contribution in [3.8, 4) is 11.3 Å². The number of fused-ring (bicyclic) bond motifs is 1. The van der Waals surface area contributed by atoms with Gasteiger partial charge in [0, 0.05) is 43.0 Å². The number of pyridine rings is 1. The van der Waals surface area contributed by atoms with E-state index in [1.54, 1.807) is 11.8 Å². The second-order valence-corrected chi connectivity index (χ2v) is 9.94. The smallest absolute Gasteiger partial charge is 0.408 e. The van der Waals surface area contributed by atoms with Crippen LogP contribution in [0, 0.1) is 0 Å². The zero-order valence-corrected chi connectivity index (χ0v) is 20.7. The first-order chi connectivity index (χ1) is 16.3. The lowest BCUT2D eigenvalue weighted by atomic mass is 9.88. The number of likely N-dealkylation sites (tertiary alicyclic amines) is 1. The molecule has 1 saturated heterocycles. The minimum Gasteiger partial charge on any atom is -0.465 e. The van der Waals surface area contributed by atoms with Crippen molar-refractivity contribution < 1.29 is 14.7 Å². The number of benzene rings is 1. The number of nitrogens with zero attached hydrogens (tertiary/aromatic N) is 4. The maximum atomic E-state index is 12.5. The molecule has 0 aliphatic carbocycles. The van der Waals surface area contributed by atoms with E-state index in [-0.39, 0.29) is 24.0 Å². The topological polar surface area (TPSA) is 77.0 Å². The Bertz CT molecular complexity index is 1030. The molecule has 1 aromatic heterocycles. The monoisotopic (exact) mass is 464 g/mol. The third-order valence-electron chi connectivity index (χ3n) is 7.08. The standard InChI is InChI=1S/C27H36N4O3/c1-18(2)30(27(33)34)26-14-19(3)31(20(4)32)25-11-9-22(15-23(25)26)24-10-8-21(16-28-24)17-29-12-6-5-7-13-29/h8-11,15-16,18-19,26H,5-7,12-14,17H2,1-4H3,(H,33,34)/t19-,26+/m0/s1. The number of amides is 2. The molecule has 3 heterocycles. The highest BCUT2D eigenvalue weighted by Gasteiger charge is 2.38. The minimum atomic E-state index is -0.944. The molecular weight excluding hydrogens is 428 g/mol. The van der Waals surface area contributed by atoms with Crippen LogP contribution >= 0.6 is 0 Å². The zero-order valence-electron chi connectivity index (χ0n) is 20.7. The van der Waals surface area contributed by atoms with E-state index in [1.807, 2.05) is 51.2 Å². The van der Waals surface area contributed by atoms with Crippen LogP contribution in [-0.2, 0) is 11.3 Å².